The van der Waals surface area contributed by atoms with E-state index in [1.165, 1.54) is 11.4 Å². The van der Waals surface area contributed by atoms with Crippen LogP contribution in [-0.2, 0) is 4.74 Å². The molecule has 0 bridgehead atoms. The molecule has 3 heteroatoms. The molecule has 1 aromatic rings. The zero-order chi connectivity index (χ0) is 9.43. The minimum Gasteiger partial charge on any atom is -0.381 e. The van der Waals surface area contributed by atoms with Gasteiger partial charge in [-0.05, 0) is 12.1 Å². The highest BCUT2D eigenvalue weighted by Gasteiger charge is 2.37. The molecule has 14 heavy (non-hydrogen) atoms. The number of fused-ring (bicyclic) bond motifs is 1. The highest BCUT2D eigenvalue weighted by Crippen LogP contribution is 2.38. The molecule has 2 N–H and O–H groups in total. The van der Waals surface area contributed by atoms with E-state index in [-0.39, 0.29) is 5.66 Å². The Balaban J connectivity index is 1.89. The largest absolute Gasteiger partial charge is 0.381 e. The molecule has 1 spiro atoms. The Hall–Kier alpha value is -1.22. The van der Waals surface area contributed by atoms with E-state index in [0.717, 1.165) is 26.1 Å². The molecule has 2 aliphatic rings. The molecular weight excluding hydrogens is 176 g/mol. The van der Waals surface area contributed by atoms with Crippen molar-refractivity contribution < 1.29 is 4.74 Å². The number of para-hydroxylation sites is 2. The summed E-state index contributed by atoms with van der Waals surface area (Å²) in [5.74, 6) is 0. The number of nitrogens with one attached hydrogen (secondary N) is 2. The first kappa shape index (κ1) is 8.12. The Morgan fingerprint density at radius 3 is 2.14 bits per heavy atom. The van der Waals surface area contributed by atoms with E-state index in [2.05, 4.69) is 34.9 Å². The van der Waals surface area contributed by atoms with Gasteiger partial charge in [-0.3, -0.25) is 0 Å². The van der Waals surface area contributed by atoms with E-state index in [1.54, 1.807) is 0 Å². The number of hydrogen-bond acceptors (Lipinski definition) is 3. The summed E-state index contributed by atoms with van der Waals surface area (Å²) in [6, 6.07) is 8.36. The van der Waals surface area contributed by atoms with Gasteiger partial charge in [0, 0.05) is 12.8 Å². The summed E-state index contributed by atoms with van der Waals surface area (Å²) in [6.45, 7) is 1.68. The van der Waals surface area contributed by atoms with Crippen LogP contribution < -0.4 is 10.6 Å². The predicted octanol–water partition coefficient (Wildman–Crippen LogP) is 2.03. The molecule has 74 valence electrons. The van der Waals surface area contributed by atoms with Crippen LogP contribution in [0.25, 0.3) is 0 Å². The molecule has 2 heterocycles. The van der Waals surface area contributed by atoms with Crippen LogP contribution in [-0.4, -0.2) is 18.9 Å². The molecule has 0 radical (unpaired) electrons. The Bertz CT molecular complexity index is 318. The molecule has 1 fully saturated rings. The molecule has 0 atom stereocenters. The second kappa shape index (κ2) is 2.89. The smallest absolute Gasteiger partial charge is 0.112 e. The van der Waals surface area contributed by atoms with Gasteiger partial charge in [0.15, 0.2) is 0 Å². The molecule has 2 aliphatic heterocycles. The fourth-order valence-corrected chi connectivity index (χ4v) is 2.22. The number of benzene rings is 1. The van der Waals surface area contributed by atoms with E-state index < -0.39 is 0 Å². The maximum absolute atomic E-state index is 5.38. The molecule has 0 saturated carbocycles. The van der Waals surface area contributed by atoms with E-state index in [9.17, 15) is 0 Å². The minimum absolute atomic E-state index is 0.0575. The molecular formula is C11H14N2O. The summed E-state index contributed by atoms with van der Waals surface area (Å²) < 4.78 is 5.38. The van der Waals surface area contributed by atoms with Crippen LogP contribution in [0.15, 0.2) is 24.3 Å². The highest BCUT2D eigenvalue weighted by molar-refractivity contribution is 5.76. The number of anilines is 2. The lowest BCUT2D eigenvalue weighted by molar-refractivity contribution is 0.0696. The van der Waals surface area contributed by atoms with Crippen LogP contribution in [0, 0.1) is 0 Å². The molecule has 0 unspecified atom stereocenters. The summed E-state index contributed by atoms with van der Waals surface area (Å²) >= 11 is 0. The lowest BCUT2D eigenvalue weighted by Crippen LogP contribution is -2.46. The van der Waals surface area contributed by atoms with Crippen molar-refractivity contribution in [1.82, 2.24) is 0 Å². The van der Waals surface area contributed by atoms with Crippen LogP contribution in [0.5, 0.6) is 0 Å². The number of rotatable bonds is 0. The summed E-state index contributed by atoms with van der Waals surface area (Å²) in [4.78, 5) is 0. The van der Waals surface area contributed by atoms with Gasteiger partial charge in [-0.2, -0.15) is 0 Å². The second-order valence-corrected chi connectivity index (χ2v) is 3.99. The predicted molar refractivity (Wildman–Crippen MR) is 56.5 cm³/mol. The quantitative estimate of drug-likeness (QED) is 0.656. The molecule has 1 aromatic carbocycles. The van der Waals surface area contributed by atoms with E-state index in [1.807, 2.05) is 0 Å². The standard InChI is InChI=1S/C11H14N2O/c1-2-4-10-9(3-1)12-11(13-10)5-7-14-8-6-11/h1-4,12-13H,5-8H2. The Kier molecular flexibility index (Phi) is 1.67. The van der Waals surface area contributed by atoms with Crippen molar-refractivity contribution in [2.75, 3.05) is 23.8 Å². The third kappa shape index (κ3) is 1.16. The van der Waals surface area contributed by atoms with Crippen molar-refractivity contribution in [3.63, 3.8) is 0 Å². The van der Waals surface area contributed by atoms with E-state index in [0.29, 0.717) is 0 Å². The van der Waals surface area contributed by atoms with Gasteiger partial charge in [0.25, 0.3) is 0 Å². The third-order valence-corrected chi connectivity index (χ3v) is 3.02. The van der Waals surface area contributed by atoms with Crippen LogP contribution >= 0.6 is 0 Å². The molecule has 0 amide bonds. The van der Waals surface area contributed by atoms with Crippen molar-refractivity contribution in [3.8, 4) is 0 Å². The summed E-state index contributed by atoms with van der Waals surface area (Å²) in [5.41, 5.74) is 2.49. The molecule has 3 rings (SSSR count). The highest BCUT2D eigenvalue weighted by atomic mass is 16.5. The van der Waals surface area contributed by atoms with Gasteiger partial charge < -0.3 is 15.4 Å². The van der Waals surface area contributed by atoms with Crippen LogP contribution in [0.1, 0.15) is 12.8 Å². The van der Waals surface area contributed by atoms with Crippen molar-refractivity contribution in [2.45, 2.75) is 18.5 Å². The minimum atomic E-state index is 0.0575. The van der Waals surface area contributed by atoms with Gasteiger partial charge in [0.1, 0.15) is 5.66 Å². The summed E-state index contributed by atoms with van der Waals surface area (Å²) in [6.07, 6.45) is 2.06. The summed E-state index contributed by atoms with van der Waals surface area (Å²) in [5, 5.41) is 7.12. The lowest BCUT2D eigenvalue weighted by Gasteiger charge is -2.34. The fraction of sp³-hybridized carbons (Fsp3) is 0.455. The first-order valence-corrected chi connectivity index (χ1v) is 5.11. The Morgan fingerprint density at radius 2 is 1.57 bits per heavy atom. The first-order chi connectivity index (χ1) is 6.88. The average molecular weight is 190 g/mol. The second-order valence-electron chi connectivity index (χ2n) is 3.99. The van der Waals surface area contributed by atoms with E-state index >= 15 is 0 Å². The van der Waals surface area contributed by atoms with Crippen molar-refractivity contribution in [1.29, 1.82) is 0 Å². The fourth-order valence-electron chi connectivity index (χ4n) is 2.22. The number of ether oxygens (including phenoxy) is 1. The molecule has 1 saturated heterocycles. The molecule has 3 nitrogen and oxygen atoms in total. The van der Waals surface area contributed by atoms with Gasteiger partial charge in [0.2, 0.25) is 0 Å². The Morgan fingerprint density at radius 1 is 1.00 bits per heavy atom. The van der Waals surface area contributed by atoms with Crippen LogP contribution in [0.4, 0.5) is 11.4 Å². The Labute approximate surface area is 83.5 Å². The number of hydrogen-bond donors (Lipinski definition) is 2. The maximum atomic E-state index is 5.38. The van der Waals surface area contributed by atoms with Gasteiger partial charge in [-0.15, -0.1) is 0 Å². The first-order valence-electron chi connectivity index (χ1n) is 5.11. The third-order valence-electron chi connectivity index (χ3n) is 3.02. The van der Waals surface area contributed by atoms with Gasteiger partial charge in [-0.1, -0.05) is 12.1 Å². The van der Waals surface area contributed by atoms with Gasteiger partial charge >= 0.3 is 0 Å². The van der Waals surface area contributed by atoms with Crippen molar-refractivity contribution in [3.05, 3.63) is 24.3 Å². The molecule has 0 aliphatic carbocycles. The van der Waals surface area contributed by atoms with Crippen LogP contribution in [0.3, 0.4) is 0 Å². The van der Waals surface area contributed by atoms with Crippen molar-refractivity contribution in [2.24, 2.45) is 0 Å². The van der Waals surface area contributed by atoms with Gasteiger partial charge in [0.05, 0.1) is 24.6 Å². The van der Waals surface area contributed by atoms with Crippen LogP contribution in [0.2, 0.25) is 0 Å². The lowest BCUT2D eigenvalue weighted by atomic mass is 10.0. The normalized spacial score (nSPS) is 22.6. The molecule has 0 aromatic heterocycles. The monoisotopic (exact) mass is 190 g/mol. The maximum Gasteiger partial charge on any atom is 0.112 e. The van der Waals surface area contributed by atoms with E-state index in [4.69, 9.17) is 4.74 Å². The zero-order valence-corrected chi connectivity index (χ0v) is 8.05. The topological polar surface area (TPSA) is 33.3 Å². The van der Waals surface area contributed by atoms with Gasteiger partial charge in [-0.25, -0.2) is 0 Å². The SMILES string of the molecule is c1ccc2c(c1)NC1(CCOCC1)N2. The summed E-state index contributed by atoms with van der Waals surface area (Å²) in [7, 11) is 0. The average Bonchev–Trinajstić information content (AvgIpc) is 2.56. The van der Waals surface area contributed by atoms with Crippen molar-refractivity contribution >= 4 is 11.4 Å². The zero-order valence-electron chi connectivity index (χ0n) is 8.05.